The van der Waals surface area contributed by atoms with Crippen LogP contribution in [0.15, 0.2) is 176 Å². The summed E-state index contributed by atoms with van der Waals surface area (Å²) in [5.41, 5.74) is 15.8. The molecule has 7 aromatic heterocycles. The van der Waals surface area contributed by atoms with Gasteiger partial charge in [-0.1, -0.05) is 120 Å². The molecule has 0 amide bonds. The summed E-state index contributed by atoms with van der Waals surface area (Å²) in [7, 11) is 0. The molecule has 0 spiro atoms. The molecule has 0 saturated carbocycles. The van der Waals surface area contributed by atoms with Gasteiger partial charge in [0.2, 0.25) is 0 Å². The summed E-state index contributed by atoms with van der Waals surface area (Å²) < 4.78 is 0. The molecule has 0 aliphatic heterocycles. The molecule has 7 heterocycles. The van der Waals surface area contributed by atoms with Crippen LogP contribution < -0.4 is 0 Å². The lowest BCUT2D eigenvalue weighted by Gasteiger charge is -2.19. The molecule has 9 aromatic rings. The van der Waals surface area contributed by atoms with Crippen molar-refractivity contribution < 1.29 is 0 Å². The monoisotopic (exact) mass is 805 g/mol. The van der Waals surface area contributed by atoms with Crippen molar-refractivity contribution in [3.63, 3.8) is 0 Å². The average molecular weight is 806 g/mol. The zero-order valence-electron chi connectivity index (χ0n) is 35.9. The zero-order valence-corrected chi connectivity index (χ0v) is 35.9. The molecule has 0 fully saturated rings. The molecule has 0 bridgehead atoms. The van der Waals surface area contributed by atoms with Crippen LogP contribution in [-0.2, 0) is 10.8 Å². The maximum Gasteiger partial charge on any atom is 0.0900 e. The Labute approximate surface area is 363 Å². The lowest BCUT2D eigenvalue weighted by atomic mass is 9.86. The van der Waals surface area contributed by atoms with Crippen LogP contribution in [0.25, 0.3) is 90.6 Å². The van der Waals surface area contributed by atoms with E-state index in [1.54, 1.807) is 12.4 Å². The number of nitrogens with zero attached hydrogens (tertiary/aromatic N) is 7. The lowest BCUT2D eigenvalue weighted by Crippen LogP contribution is -2.10. The van der Waals surface area contributed by atoms with E-state index < -0.39 is 0 Å². The van der Waals surface area contributed by atoms with Crippen molar-refractivity contribution >= 4 is 0 Å². The summed E-state index contributed by atoms with van der Waals surface area (Å²) in [6, 6.07) is 55.7. The normalized spacial score (nSPS) is 11.7. The van der Waals surface area contributed by atoms with Gasteiger partial charge in [-0.2, -0.15) is 0 Å². The highest BCUT2D eigenvalue weighted by molar-refractivity contribution is 5.78. The second-order valence-corrected chi connectivity index (χ2v) is 17.6. The molecule has 0 aliphatic rings. The van der Waals surface area contributed by atoms with Gasteiger partial charge in [-0.3, -0.25) is 9.97 Å². The second kappa shape index (κ2) is 16.5. The van der Waals surface area contributed by atoms with Crippen LogP contribution in [-0.4, -0.2) is 34.9 Å². The summed E-state index contributed by atoms with van der Waals surface area (Å²) in [6.07, 6.45) is 3.57. The van der Waals surface area contributed by atoms with Gasteiger partial charge < -0.3 is 0 Å². The van der Waals surface area contributed by atoms with Crippen molar-refractivity contribution in [2.75, 3.05) is 0 Å². The number of aromatic nitrogens is 7. The number of hydrogen-bond acceptors (Lipinski definition) is 7. The summed E-state index contributed by atoms with van der Waals surface area (Å²) in [5.74, 6) is 0. The highest BCUT2D eigenvalue weighted by atomic mass is 14.9. The van der Waals surface area contributed by atoms with Gasteiger partial charge in [0.15, 0.2) is 0 Å². The molecule has 0 aliphatic carbocycles. The molecule has 2 aromatic carbocycles. The van der Waals surface area contributed by atoms with E-state index >= 15 is 0 Å². The Morgan fingerprint density at radius 2 is 0.532 bits per heavy atom. The fourth-order valence-electron chi connectivity index (χ4n) is 7.43. The van der Waals surface area contributed by atoms with E-state index in [4.69, 9.17) is 24.9 Å². The molecule has 7 heteroatoms. The first-order valence-electron chi connectivity index (χ1n) is 21.0. The van der Waals surface area contributed by atoms with Crippen LogP contribution in [0.2, 0.25) is 0 Å². The first-order chi connectivity index (χ1) is 29.9. The van der Waals surface area contributed by atoms with Crippen molar-refractivity contribution in [1.82, 2.24) is 34.9 Å². The first-order valence-corrected chi connectivity index (χ1v) is 21.0. The standard InChI is InChI=1S/C55H47N7/c1-54(2,3)40-26-22-36(23-27-40)38-32-50(46-18-11-16-44(58-46)42-14-7-9-30-56-42)61-52(34-38)48-20-13-21-49(60-48)53-35-39(37-24-28-41(29-25-37)55(4,5)6)33-51(62-53)47-19-12-17-45(59-47)43-15-8-10-31-57-43/h7-35H,1-6H3. The molecular formula is C55H47N7. The van der Waals surface area contributed by atoms with Crippen LogP contribution in [0, 0.1) is 0 Å². The molecule has 0 atom stereocenters. The molecule has 0 N–H and O–H groups in total. The van der Waals surface area contributed by atoms with E-state index in [-0.39, 0.29) is 10.8 Å². The molecule has 0 unspecified atom stereocenters. The fraction of sp³-hybridized carbons (Fsp3) is 0.145. The van der Waals surface area contributed by atoms with Gasteiger partial charge in [-0.25, -0.2) is 24.9 Å². The predicted molar refractivity (Wildman–Crippen MR) is 252 cm³/mol. The molecule has 0 saturated heterocycles. The number of rotatable bonds is 8. The van der Waals surface area contributed by atoms with Gasteiger partial charge in [-0.05, 0) is 129 Å². The van der Waals surface area contributed by atoms with Gasteiger partial charge in [-0.15, -0.1) is 0 Å². The Balaban J connectivity index is 1.17. The van der Waals surface area contributed by atoms with Gasteiger partial charge in [0.1, 0.15) is 0 Å². The van der Waals surface area contributed by atoms with Crippen molar-refractivity contribution in [3.8, 4) is 90.6 Å². The second-order valence-electron chi connectivity index (χ2n) is 17.6. The van der Waals surface area contributed by atoms with Crippen molar-refractivity contribution in [3.05, 3.63) is 187 Å². The van der Waals surface area contributed by atoms with Gasteiger partial charge >= 0.3 is 0 Å². The zero-order chi connectivity index (χ0) is 42.8. The minimum atomic E-state index is 0.0341. The fourth-order valence-corrected chi connectivity index (χ4v) is 7.43. The molecule has 302 valence electrons. The first kappa shape index (κ1) is 39.9. The largest absolute Gasteiger partial charge is 0.255 e. The van der Waals surface area contributed by atoms with E-state index in [0.29, 0.717) is 0 Å². The Morgan fingerprint density at radius 1 is 0.258 bits per heavy atom. The highest BCUT2D eigenvalue weighted by Gasteiger charge is 2.18. The Morgan fingerprint density at radius 3 is 0.806 bits per heavy atom. The molecule has 62 heavy (non-hydrogen) atoms. The third-order valence-electron chi connectivity index (χ3n) is 11.0. The average Bonchev–Trinajstić information content (AvgIpc) is 3.31. The van der Waals surface area contributed by atoms with Crippen molar-refractivity contribution in [2.45, 2.75) is 52.4 Å². The van der Waals surface area contributed by atoms with Crippen LogP contribution in [0.1, 0.15) is 52.7 Å². The summed E-state index contributed by atoms with van der Waals surface area (Å²) in [6.45, 7) is 13.4. The minimum Gasteiger partial charge on any atom is -0.255 e. The minimum absolute atomic E-state index is 0.0341. The Hall–Kier alpha value is -7.51. The predicted octanol–water partition coefficient (Wildman–Crippen LogP) is 13.4. The maximum absolute atomic E-state index is 5.29. The summed E-state index contributed by atoms with van der Waals surface area (Å²) in [5, 5.41) is 0. The number of benzene rings is 2. The quantitative estimate of drug-likeness (QED) is 0.151. The number of pyridine rings is 7. The summed E-state index contributed by atoms with van der Waals surface area (Å²) >= 11 is 0. The van der Waals surface area contributed by atoms with Crippen LogP contribution in [0.5, 0.6) is 0 Å². The van der Waals surface area contributed by atoms with Crippen LogP contribution >= 0.6 is 0 Å². The van der Waals surface area contributed by atoms with Crippen molar-refractivity contribution in [2.24, 2.45) is 0 Å². The van der Waals surface area contributed by atoms with E-state index in [1.807, 2.05) is 91.0 Å². The summed E-state index contributed by atoms with van der Waals surface area (Å²) in [4.78, 5) is 35.0. The van der Waals surface area contributed by atoms with Crippen LogP contribution in [0.3, 0.4) is 0 Å². The topological polar surface area (TPSA) is 90.2 Å². The molecular weight excluding hydrogens is 759 g/mol. The van der Waals surface area contributed by atoms with Crippen molar-refractivity contribution in [1.29, 1.82) is 0 Å². The van der Waals surface area contributed by atoms with E-state index in [1.165, 1.54) is 11.1 Å². The molecule has 9 rings (SSSR count). The van der Waals surface area contributed by atoms with Crippen LogP contribution in [0.4, 0.5) is 0 Å². The van der Waals surface area contributed by atoms with Gasteiger partial charge in [0.05, 0.1) is 68.3 Å². The van der Waals surface area contributed by atoms with E-state index in [2.05, 4.69) is 124 Å². The lowest BCUT2D eigenvalue weighted by molar-refractivity contribution is 0.590. The highest BCUT2D eigenvalue weighted by Crippen LogP contribution is 2.35. The number of hydrogen-bond donors (Lipinski definition) is 0. The molecule has 0 radical (unpaired) electrons. The Bertz CT molecular complexity index is 2800. The SMILES string of the molecule is CC(C)(C)c1ccc(-c2cc(-c3cccc(-c4ccccn4)n3)nc(-c3cccc(-c4cc(-c5ccc(C(C)(C)C)cc5)cc(-c5cccc(-c6ccccn6)n5)n4)n3)c2)cc1. The molecule has 7 nitrogen and oxygen atoms in total. The van der Waals surface area contributed by atoms with E-state index in [0.717, 1.165) is 90.6 Å². The third-order valence-corrected chi connectivity index (χ3v) is 11.0. The smallest absolute Gasteiger partial charge is 0.0900 e. The van der Waals surface area contributed by atoms with E-state index in [9.17, 15) is 0 Å². The van der Waals surface area contributed by atoms with Gasteiger partial charge in [0.25, 0.3) is 0 Å². The third kappa shape index (κ3) is 8.70. The van der Waals surface area contributed by atoms with Gasteiger partial charge in [0, 0.05) is 12.4 Å². The Kier molecular flexibility index (Phi) is 10.6. The maximum atomic E-state index is 5.29.